The third kappa shape index (κ3) is 2.98. The van der Waals surface area contributed by atoms with E-state index in [1.54, 1.807) is 0 Å². The van der Waals surface area contributed by atoms with Crippen LogP contribution in [0.5, 0.6) is 0 Å². The van der Waals surface area contributed by atoms with Gasteiger partial charge in [-0.2, -0.15) is 0 Å². The lowest BCUT2D eigenvalue weighted by Gasteiger charge is -2.31. The van der Waals surface area contributed by atoms with E-state index < -0.39 is 0 Å². The predicted molar refractivity (Wildman–Crippen MR) is 104 cm³/mol. The summed E-state index contributed by atoms with van der Waals surface area (Å²) in [5.74, 6) is 0.174. The van der Waals surface area contributed by atoms with Crippen molar-refractivity contribution in [1.29, 1.82) is 0 Å². The summed E-state index contributed by atoms with van der Waals surface area (Å²) >= 11 is 0. The van der Waals surface area contributed by atoms with Crippen LogP contribution >= 0.6 is 0 Å². The summed E-state index contributed by atoms with van der Waals surface area (Å²) in [7, 11) is 0. The summed E-state index contributed by atoms with van der Waals surface area (Å²) in [6.45, 7) is 10.9. The van der Waals surface area contributed by atoms with E-state index in [4.69, 9.17) is 0 Å². The molecule has 4 rings (SSSR count). The van der Waals surface area contributed by atoms with E-state index in [2.05, 4.69) is 36.4 Å². The highest BCUT2D eigenvalue weighted by Gasteiger charge is 2.33. The van der Waals surface area contributed by atoms with Crippen LogP contribution in [-0.2, 0) is 11.2 Å². The standard InChI is InChI=1S/C18H17NO.2C2H6/c1-12-14-8-2-3-9-15(14)16-10-4-6-13-7-5-11-19(17(13)16)18(12)20;2*1-2/h2-4,6,8-10,12H,5,7,11H2,1H3;2*1-2H3. The van der Waals surface area contributed by atoms with Crippen LogP contribution < -0.4 is 4.90 Å². The second-order valence-corrected chi connectivity index (χ2v) is 5.72. The van der Waals surface area contributed by atoms with E-state index in [0.717, 1.165) is 30.6 Å². The number of hydrogen-bond acceptors (Lipinski definition) is 1. The molecule has 24 heavy (non-hydrogen) atoms. The van der Waals surface area contributed by atoms with Crippen molar-refractivity contribution in [1.82, 2.24) is 0 Å². The molecule has 2 heteroatoms. The summed E-state index contributed by atoms with van der Waals surface area (Å²) in [6.07, 6.45) is 2.13. The Labute approximate surface area is 146 Å². The maximum atomic E-state index is 12.8. The second-order valence-electron chi connectivity index (χ2n) is 5.72. The van der Waals surface area contributed by atoms with Gasteiger partial charge in [0.05, 0.1) is 11.6 Å². The summed E-state index contributed by atoms with van der Waals surface area (Å²) in [5.41, 5.74) is 6.05. The number of amides is 1. The molecule has 2 heterocycles. The van der Waals surface area contributed by atoms with Gasteiger partial charge >= 0.3 is 0 Å². The molecule has 2 aromatic carbocycles. The number of para-hydroxylation sites is 1. The molecule has 0 saturated heterocycles. The van der Waals surface area contributed by atoms with Crippen molar-refractivity contribution in [3.8, 4) is 11.1 Å². The van der Waals surface area contributed by atoms with E-state index in [9.17, 15) is 4.79 Å². The average molecular weight is 323 g/mol. The summed E-state index contributed by atoms with van der Waals surface area (Å²) in [4.78, 5) is 14.8. The third-order valence-corrected chi connectivity index (χ3v) is 4.57. The number of rotatable bonds is 0. The Morgan fingerprint density at radius 2 is 1.58 bits per heavy atom. The van der Waals surface area contributed by atoms with Crippen molar-refractivity contribution in [2.75, 3.05) is 11.4 Å². The lowest BCUT2D eigenvalue weighted by atomic mass is 9.91. The van der Waals surface area contributed by atoms with Crippen LogP contribution in [0.1, 0.15) is 58.1 Å². The van der Waals surface area contributed by atoms with Crippen LogP contribution in [-0.4, -0.2) is 12.5 Å². The van der Waals surface area contributed by atoms with Gasteiger partial charge in [-0.25, -0.2) is 0 Å². The number of benzene rings is 2. The highest BCUT2D eigenvalue weighted by atomic mass is 16.2. The monoisotopic (exact) mass is 323 g/mol. The molecule has 128 valence electrons. The van der Waals surface area contributed by atoms with Crippen LogP contribution in [0.2, 0.25) is 0 Å². The second kappa shape index (κ2) is 8.14. The van der Waals surface area contributed by atoms with Crippen molar-refractivity contribution in [2.24, 2.45) is 0 Å². The van der Waals surface area contributed by atoms with Crippen LogP contribution in [0.15, 0.2) is 42.5 Å². The quantitative estimate of drug-likeness (QED) is 0.600. The third-order valence-electron chi connectivity index (χ3n) is 4.57. The summed E-state index contributed by atoms with van der Waals surface area (Å²) in [6, 6.07) is 14.8. The SMILES string of the molecule is CC.CC.CC1C(=O)N2CCCc3cccc(c32)-c2ccccc21. The Balaban J connectivity index is 0.000000487. The van der Waals surface area contributed by atoms with Gasteiger partial charge in [0.1, 0.15) is 0 Å². The topological polar surface area (TPSA) is 20.3 Å². The number of carbonyl (C=O) groups excluding carboxylic acids is 1. The normalized spacial score (nSPS) is 17.3. The molecular formula is C22H29NO. The van der Waals surface area contributed by atoms with E-state index >= 15 is 0 Å². The lowest BCUT2D eigenvalue weighted by molar-refractivity contribution is -0.119. The molecule has 0 saturated carbocycles. The van der Waals surface area contributed by atoms with E-state index in [0.29, 0.717) is 0 Å². The first-order valence-corrected chi connectivity index (χ1v) is 9.30. The van der Waals surface area contributed by atoms with E-state index in [1.165, 1.54) is 16.7 Å². The largest absolute Gasteiger partial charge is 0.311 e. The maximum Gasteiger partial charge on any atom is 0.234 e. The first-order valence-electron chi connectivity index (χ1n) is 9.30. The molecule has 0 fully saturated rings. The van der Waals surface area contributed by atoms with E-state index in [1.807, 2.05) is 45.6 Å². The Morgan fingerprint density at radius 3 is 2.33 bits per heavy atom. The highest BCUT2D eigenvalue weighted by molar-refractivity contribution is 6.06. The van der Waals surface area contributed by atoms with E-state index in [-0.39, 0.29) is 11.8 Å². The Morgan fingerprint density at radius 1 is 0.917 bits per heavy atom. The Bertz CT molecular complexity index is 705. The molecule has 1 unspecified atom stereocenters. The Kier molecular flexibility index (Phi) is 6.19. The number of aryl methyl sites for hydroxylation is 1. The van der Waals surface area contributed by atoms with Gasteiger partial charge in [0, 0.05) is 12.1 Å². The van der Waals surface area contributed by atoms with Crippen molar-refractivity contribution < 1.29 is 4.79 Å². The molecule has 2 aliphatic rings. The zero-order valence-corrected chi connectivity index (χ0v) is 15.6. The fourth-order valence-corrected chi connectivity index (χ4v) is 3.58. The minimum absolute atomic E-state index is 0.0652. The van der Waals surface area contributed by atoms with Crippen LogP contribution in [0.3, 0.4) is 0 Å². The van der Waals surface area contributed by atoms with Gasteiger partial charge in [0.15, 0.2) is 0 Å². The van der Waals surface area contributed by atoms with Gasteiger partial charge in [-0.3, -0.25) is 4.79 Å². The first-order chi connectivity index (χ1) is 11.8. The molecule has 2 aromatic rings. The molecule has 2 aliphatic heterocycles. The molecule has 0 radical (unpaired) electrons. The molecule has 0 N–H and O–H groups in total. The molecule has 1 amide bonds. The minimum atomic E-state index is -0.0652. The molecule has 0 aliphatic carbocycles. The van der Waals surface area contributed by atoms with Crippen LogP contribution in [0, 0.1) is 0 Å². The van der Waals surface area contributed by atoms with Crippen molar-refractivity contribution in [3.05, 3.63) is 53.6 Å². The number of hydrogen-bond donors (Lipinski definition) is 0. The summed E-state index contributed by atoms with van der Waals surface area (Å²) in [5, 5.41) is 0. The van der Waals surface area contributed by atoms with Crippen molar-refractivity contribution >= 4 is 11.6 Å². The lowest BCUT2D eigenvalue weighted by Crippen LogP contribution is -2.37. The molecule has 1 atom stereocenters. The molecular weight excluding hydrogens is 294 g/mol. The van der Waals surface area contributed by atoms with Gasteiger partial charge in [0.2, 0.25) is 5.91 Å². The first kappa shape index (κ1) is 18.3. The Hall–Kier alpha value is -2.09. The number of nitrogens with zero attached hydrogens (tertiary/aromatic N) is 1. The maximum absolute atomic E-state index is 12.8. The smallest absolute Gasteiger partial charge is 0.234 e. The van der Waals surface area contributed by atoms with Crippen LogP contribution in [0.25, 0.3) is 11.1 Å². The van der Waals surface area contributed by atoms with Crippen molar-refractivity contribution in [2.45, 2.75) is 53.4 Å². The van der Waals surface area contributed by atoms with Gasteiger partial charge in [-0.1, -0.05) is 70.2 Å². The van der Waals surface area contributed by atoms with Gasteiger partial charge in [-0.05, 0) is 36.5 Å². The van der Waals surface area contributed by atoms with Crippen molar-refractivity contribution in [3.63, 3.8) is 0 Å². The average Bonchev–Trinajstić information content (AvgIpc) is 2.77. The van der Waals surface area contributed by atoms with Gasteiger partial charge in [-0.15, -0.1) is 0 Å². The zero-order valence-electron chi connectivity index (χ0n) is 15.6. The fourth-order valence-electron chi connectivity index (χ4n) is 3.58. The minimum Gasteiger partial charge on any atom is -0.311 e. The van der Waals surface area contributed by atoms with Gasteiger partial charge < -0.3 is 4.90 Å². The molecule has 0 bridgehead atoms. The molecule has 0 spiro atoms. The zero-order chi connectivity index (χ0) is 17.7. The number of fused-ring (bicyclic) bond motifs is 2. The fraction of sp³-hybridized carbons (Fsp3) is 0.409. The van der Waals surface area contributed by atoms with Crippen LogP contribution in [0.4, 0.5) is 5.69 Å². The predicted octanol–water partition coefficient (Wildman–Crippen LogP) is 5.80. The highest BCUT2D eigenvalue weighted by Crippen LogP contribution is 2.44. The van der Waals surface area contributed by atoms with Gasteiger partial charge in [0.25, 0.3) is 0 Å². The molecule has 0 aromatic heterocycles. The number of carbonyl (C=O) groups is 1. The molecule has 2 nitrogen and oxygen atoms in total. The summed E-state index contributed by atoms with van der Waals surface area (Å²) < 4.78 is 0. The number of anilines is 1.